The van der Waals surface area contributed by atoms with Crippen LogP contribution in [-0.4, -0.2) is 4.57 Å². The summed E-state index contributed by atoms with van der Waals surface area (Å²) in [6, 6.07) is 81.2. The number of anilines is 6. The van der Waals surface area contributed by atoms with Crippen molar-refractivity contribution >= 4 is 66.7 Å². The van der Waals surface area contributed by atoms with Crippen molar-refractivity contribution in [2.75, 3.05) is 9.80 Å². The molecule has 0 aliphatic rings. The van der Waals surface area contributed by atoms with Gasteiger partial charge in [-0.25, -0.2) is 0 Å². The molecule has 0 aliphatic heterocycles. The maximum absolute atomic E-state index is 2.44. The molecule has 0 aliphatic carbocycles. The first-order valence-corrected chi connectivity index (χ1v) is 21.0. The van der Waals surface area contributed by atoms with Gasteiger partial charge in [0.2, 0.25) is 0 Å². The minimum Gasteiger partial charge on any atom is -0.310 e. The first-order chi connectivity index (χ1) is 30.1. The number of nitrogens with zero attached hydrogens (tertiary/aromatic N) is 3. The van der Waals surface area contributed by atoms with E-state index < -0.39 is 0 Å². The molecular weight excluding hydrogens is 739 g/mol. The number of benzene rings is 10. The molecule has 0 bridgehead atoms. The van der Waals surface area contributed by atoms with Crippen molar-refractivity contribution in [3.8, 4) is 27.9 Å². The third kappa shape index (κ3) is 6.22. The van der Waals surface area contributed by atoms with Crippen LogP contribution in [0.5, 0.6) is 0 Å². The smallest absolute Gasteiger partial charge is 0.0548 e. The molecule has 10 aromatic carbocycles. The van der Waals surface area contributed by atoms with Crippen molar-refractivity contribution in [1.82, 2.24) is 4.57 Å². The zero-order valence-electron chi connectivity index (χ0n) is 34.2. The Balaban J connectivity index is 1.04. The zero-order valence-corrected chi connectivity index (χ0v) is 34.2. The Hall–Kier alpha value is -7.88. The van der Waals surface area contributed by atoms with Crippen molar-refractivity contribution in [3.05, 3.63) is 236 Å². The van der Waals surface area contributed by atoms with Crippen LogP contribution < -0.4 is 9.80 Å². The van der Waals surface area contributed by atoms with Gasteiger partial charge in [0.05, 0.1) is 16.7 Å². The molecule has 0 N–H and O–H groups in total. The van der Waals surface area contributed by atoms with E-state index in [-0.39, 0.29) is 0 Å². The summed E-state index contributed by atoms with van der Waals surface area (Å²) in [5.41, 5.74) is 17.8. The van der Waals surface area contributed by atoms with Crippen molar-refractivity contribution in [3.63, 3.8) is 0 Å². The second-order valence-electron chi connectivity index (χ2n) is 15.9. The third-order valence-corrected chi connectivity index (χ3v) is 12.2. The highest BCUT2D eigenvalue weighted by molar-refractivity contribution is 6.29. The molecule has 0 amide bonds. The van der Waals surface area contributed by atoms with Gasteiger partial charge in [0.25, 0.3) is 0 Å². The molecule has 1 aromatic heterocycles. The summed E-state index contributed by atoms with van der Waals surface area (Å²) in [6.45, 7) is 4.48. The molecule has 0 radical (unpaired) electrons. The molecule has 0 unspecified atom stereocenters. The molecule has 0 saturated carbocycles. The Morgan fingerprint density at radius 1 is 0.328 bits per heavy atom. The summed E-state index contributed by atoms with van der Waals surface area (Å²) < 4.78 is 2.44. The zero-order chi connectivity index (χ0) is 40.9. The Morgan fingerprint density at radius 2 is 0.770 bits per heavy atom. The molecule has 0 fully saturated rings. The van der Waals surface area contributed by atoms with Gasteiger partial charge in [-0.3, -0.25) is 0 Å². The molecule has 0 spiro atoms. The van der Waals surface area contributed by atoms with Gasteiger partial charge in [0.15, 0.2) is 0 Å². The largest absolute Gasteiger partial charge is 0.310 e. The fourth-order valence-corrected chi connectivity index (χ4v) is 9.45. The maximum Gasteiger partial charge on any atom is 0.0548 e. The molecule has 0 saturated heterocycles. The lowest BCUT2D eigenvalue weighted by atomic mass is 9.90. The molecule has 11 aromatic rings. The van der Waals surface area contributed by atoms with Gasteiger partial charge in [0.1, 0.15) is 0 Å². The van der Waals surface area contributed by atoms with E-state index in [1.807, 2.05) is 0 Å². The number of para-hydroxylation sites is 5. The molecule has 11 rings (SSSR count). The quantitative estimate of drug-likeness (QED) is 0.135. The van der Waals surface area contributed by atoms with Gasteiger partial charge in [-0.15, -0.1) is 0 Å². The number of rotatable bonds is 9. The van der Waals surface area contributed by atoms with Crippen LogP contribution in [0.2, 0.25) is 0 Å². The third-order valence-electron chi connectivity index (χ3n) is 12.2. The van der Waals surface area contributed by atoms with Crippen molar-refractivity contribution < 1.29 is 0 Å². The SMILES string of the molecule is Cc1cc(-c2ccc3c4c2ccc2c(N(c5ccccc5)c5ccccc5)ccc(c24)n3-c2ccccc2)ccc1-c1ccc(N(c2ccccc2)c2ccccc2)cc1C. The van der Waals surface area contributed by atoms with Crippen LogP contribution in [0.25, 0.3) is 60.5 Å². The van der Waals surface area contributed by atoms with E-state index in [4.69, 9.17) is 0 Å². The van der Waals surface area contributed by atoms with E-state index in [9.17, 15) is 0 Å². The fourth-order valence-electron chi connectivity index (χ4n) is 9.45. The average Bonchev–Trinajstić information content (AvgIpc) is 3.66. The standard InChI is InChI=1S/C58H43N3/c1-40-38-42(28-30-49(40)50-31-29-48(39-41(50)2)59(43-18-8-3-9-19-43)44-20-10-4-11-21-44)51-34-35-55-57-52(51)32-33-53-54(36-37-56(58(53)57)61(55)47-26-16-7-17-27-47)60(45-22-12-5-13-23-45)46-24-14-6-15-25-46/h3-39H,1-2H3. The van der Waals surface area contributed by atoms with Crippen LogP contribution in [0.1, 0.15) is 11.1 Å². The van der Waals surface area contributed by atoms with Gasteiger partial charge in [-0.2, -0.15) is 0 Å². The lowest BCUT2D eigenvalue weighted by Gasteiger charge is -2.27. The van der Waals surface area contributed by atoms with Crippen molar-refractivity contribution in [2.45, 2.75) is 13.8 Å². The van der Waals surface area contributed by atoms with Crippen molar-refractivity contribution in [1.29, 1.82) is 0 Å². The topological polar surface area (TPSA) is 11.4 Å². The maximum atomic E-state index is 2.44. The van der Waals surface area contributed by atoms with Crippen LogP contribution in [0.3, 0.4) is 0 Å². The second-order valence-corrected chi connectivity index (χ2v) is 15.9. The summed E-state index contributed by atoms with van der Waals surface area (Å²) in [5, 5.41) is 5.03. The van der Waals surface area contributed by atoms with Crippen LogP contribution in [0.4, 0.5) is 34.1 Å². The van der Waals surface area contributed by atoms with Crippen LogP contribution in [0, 0.1) is 13.8 Å². The van der Waals surface area contributed by atoms with E-state index >= 15 is 0 Å². The van der Waals surface area contributed by atoms with Gasteiger partial charge in [-0.05, 0) is 144 Å². The Morgan fingerprint density at radius 3 is 1.31 bits per heavy atom. The molecule has 0 atom stereocenters. The van der Waals surface area contributed by atoms with E-state index in [2.05, 4.69) is 253 Å². The van der Waals surface area contributed by atoms with Crippen LogP contribution in [-0.2, 0) is 0 Å². The van der Waals surface area contributed by atoms with Gasteiger partial charge in [0, 0.05) is 50.3 Å². The van der Waals surface area contributed by atoms with E-state index in [0.717, 1.165) is 39.8 Å². The predicted octanol–water partition coefficient (Wildman–Crippen LogP) is 16.3. The lowest BCUT2D eigenvalue weighted by molar-refractivity contribution is 1.18. The van der Waals surface area contributed by atoms with Gasteiger partial charge >= 0.3 is 0 Å². The minimum atomic E-state index is 1.13. The number of aryl methyl sites for hydroxylation is 2. The number of aromatic nitrogens is 1. The lowest BCUT2D eigenvalue weighted by Crippen LogP contribution is -2.10. The first kappa shape index (κ1) is 36.2. The van der Waals surface area contributed by atoms with Gasteiger partial charge in [-0.1, -0.05) is 133 Å². The first-order valence-electron chi connectivity index (χ1n) is 21.0. The van der Waals surface area contributed by atoms with Crippen molar-refractivity contribution in [2.24, 2.45) is 0 Å². The van der Waals surface area contributed by atoms with E-state index in [1.54, 1.807) is 0 Å². The summed E-state index contributed by atoms with van der Waals surface area (Å²) in [6.07, 6.45) is 0. The summed E-state index contributed by atoms with van der Waals surface area (Å²) in [7, 11) is 0. The van der Waals surface area contributed by atoms with Gasteiger partial charge < -0.3 is 14.4 Å². The summed E-state index contributed by atoms with van der Waals surface area (Å²) in [4.78, 5) is 4.71. The summed E-state index contributed by atoms with van der Waals surface area (Å²) >= 11 is 0. The monoisotopic (exact) mass is 781 g/mol. The second kappa shape index (κ2) is 15.1. The number of hydrogen-bond donors (Lipinski definition) is 0. The molecule has 3 heteroatoms. The highest BCUT2D eigenvalue weighted by Crippen LogP contribution is 2.48. The molecular formula is C58H43N3. The van der Waals surface area contributed by atoms with Crippen LogP contribution in [0.15, 0.2) is 224 Å². The highest BCUT2D eigenvalue weighted by Gasteiger charge is 2.24. The van der Waals surface area contributed by atoms with Crippen LogP contribution >= 0.6 is 0 Å². The fraction of sp³-hybridized carbons (Fsp3) is 0.0345. The minimum absolute atomic E-state index is 1.13. The molecule has 3 nitrogen and oxygen atoms in total. The number of hydrogen-bond acceptors (Lipinski definition) is 2. The molecule has 1 heterocycles. The van der Waals surface area contributed by atoms with E-state index in [1.165, 1.54) is 66.0 Å². The van der Waals surface area contributed by atoms with E-state index in [0.29, 0.717) is 0 Å². The summed E-state index contributed by atoms with van der Waals surface area (Å²) in [5.74, 6) is 0. The molecule has 290 valence electrons. The predicted molar refractivity (Wildman–Crippen MR) is 259 cm³/mol. The highest BCUT2D eigenvalue weighted by atomic mass is 15.1. The Bertz CT molecular complexity index is 3220. The average molecular weight is 782 g/mol. The normalized spacial score (nSPS) is 11.4. The Kier molecular flexibility index (Phi) is 8.94. The molecule has 61 heavy (non-hydrogen) atoms. The Labute approximate surface area is 357 Å².